The van der Waals surface area contributed by atoms with Crippen LogP contribution in [0.25, 0.3) is 0 Å². The Morgan fingerprint density at radius 2 is 1.89 bits per heavy atom. The summed E-state index contributed by atoms with van der Waals surface area (Å²) in [7, 11) is 5.52. The van der Waals surface area contributed by atoms with Crippen molar-refractivity contribution in [1.82, 2.24) is 10.2 Å². The Bertz CT molecular complexity index is 1980. The number of carbonyl (C=O) groups is 4. The highest BCUT2D eigenvalue weighted by atomic mass is 35.5. The largest absolute Gasteiger partial charge is 0.495 e. The van der Waals surface area contributed by atoms with Gasteiger partial charge in [-0.2, -0.15) is 13.2 Å². The molecule has 310 valence electrons. The molecular formula is C39H46ClF3N4O10. The van der Waals surface area contributed by atoms with Crippen molar-refractivity contribution in [3.8, 4) is 5.75 Å². The number of nitrogens with zero attached hydrogens (tertiary/aromatic N) is 2. The second-order valence-corrected chi connectivity index (χ2v) is 15.0. The molecule has 3 aliphatic rings. The van der Waals surface area contributed by atoms with Crippen LogP contribution >= 0.6 is 11.6 Å². The van der Waals surface area contributed by atoms with Crippen LogP contribution in [0.5, 0.6) is 5.75 Å². The van der Waals surface area contributed by atoms with Gasteiger partial charge in [-0.25, -0.2) is 9.59 Å². The number of aliphatic hydroxyl groups is 1. The van der Waals surface area contributed by atoms with E-state index in [2.05, 4.69) is 5.32 Å². The van der Waals surface area contributed by atoms with Crippen molar-refractivity contribution in [2.75, 3.05) is 38.9 Å². The maximum Gasteiger partial charge on any atom is 0.418 e. The smallest absolute Gasteiger partial charge is 0.418 e. The Morgan fingerprint density at radius 1 is 1.19 bits per heavy atom. The lowest BCUT2D eigenvalue weighted by Gasteiger charge is -2.40. The molecule has 0 radical (unpaired) electrons. The molecule has 0 unspecified atom stereocenters. The molecule has 4 N–H and O–H groups in total. The number of anilines is 2. The van der Waals surface area contributed by atoms with Crippen LogP contribution < -0.4 is 20.7 Å². The molecule has 3 amide bonds. The number of epoxide rings is 1. The topological polar surface area (TPSA) is 182 Å². The van der Waals surface area contributed by atoms with Crippen LogP contribution in [0.15, 0.2) is 54.1 Å². The van der Waals surface area contributed by atoms with Crippen molar-refractivity contribution in [3.05, 3.63) is 75.8 Å². The number of fused-ring (bicyclic) bond motifs is 5. The molecule has 2 fully saturated rings. The maximum absolute atomic E-state index is 14.1. The van der Waals surface area contributed by atoms with Crippen LogP contribution in [0, 0.1) is 0 Å². The molecule has 57 heavy (non-hydrogen) atoms. The van der Waals surface area contributed by atoms with Crippen molar-refractivity contribution in [1.29, 1.82) is 0 Å². The van der Waals surface area contributed by atoms with E-state index in [1.165, 1.54) is 40.1 Å². The van der Waals surface area contributed by atoms with E-state index in [1.807, 2.05) is 13.0 Å². The van der Waals surface area contributed by atoms with E-state index in [4.69, 9.17) is 41.0 Å². The van der Waals surface area contributed by atoms with E-state index in [0.29, 0.717) is 23.9 Å². The molecule has 0 saturated carbocycles. The monoisotopic (exact) mass is 822 g/mol. The van der Waals surface area contributed by atoms with Crippen LogP contribution in [0.2, 0.25) is 5.02 Å². The van der Waals surface area contributed by atoms with Gasteiger partial charge >= 0.3 is 18.2 Å². The number of nitrogens with two attached hydrogens (primary N) is 1. The Kier molecular flexibility index (Phi) is 12.6. The molecule has 4 bridgehead atoms. The first-order chi connectivity index (χ1) is 26.6. The molecule has 5 rings (SSSR count). The molecule has 2 aromatic carbocycles. The number of nitrogen functional groups attached to an aromatic ring is 1. The number of esters is 1. The molecule has 2 aromatic rings. The number of allylic oxidation sites excluding steroid dienone is 3. The lowest BCUT2D eigenvalue weighted by atomic mass is 9.90. The fourth-order valence-electron chi connectivity index (χ4n) is 6.96. The van der Waals surface area contributed by atoms with Crippen molar-refractivity contribution in [3.63, 3.8) is 0 Å². The van der Waals surface area contributed by atoms with Gasteiger partial charge < -0.3 is 44.3 Å². The number of alkyl carbamates (subject to hydrolysis) is 1. The maximum atomic E-state index is 14.1. The van der Waals surface area contributed by atoms with Gasteiger partial charge in [0.05, 0.1) is 30.9 Å². The van der Waals surface area contributed by atoms with Gasteiger partial charge in [-0.1, -0.05) is 35.4 Å². The first-order valence-corrected chi connectivity index (χ1v) is 18.3. The highest BCUT2D eigenvalue weighted by molar-refractivity contribution is 6.35. The highest BCUT2D eigenvalue weighted by Gasteiger charge is 2.61. The summed E-state index contributed by atoms with van der Waals surface area (Å²) in [5.74, 6) is -2.17. The summed E-state index contributed by atoms with van der Waals surface area (Å²) in [6, 6.07) is 4.75. The molecular weight excluding hydrogens is 777 g/mol. The number of rotatable bonds is 6. The van der Waals surface area contributed by atoms with Crippen LogP contribution in [0.1, 0.15) is 61.5 Å². The molecule has 18 heteroatoms. The van der Waals surface area contributed by atoms with Crippen molar-refractivity contribution < 1.29 is 61.1 Å². The predicted octanol–water partition coefficient (Wildman–Crippen LogP) is 5.18. The Labute approximate surface area is 332 Å². The third-order valence-corrected chi connectivity index (χ3v) is 11.0. The fourth-order valence-corrected chi connectivity index (χ4v) is 7.28. The van der Waals surface area contributed by atoms with Crippen LogP contribution in [-0.2, 0) is 41.1 Å². The van der Waals surface area contributed by atoms with Gasteiger partial charge in [0, 0.05) is 45.3 Å². The molecule has 3 heterocycles. The van der Waals surface area contributed by atoms with Gasteiger partial charge in [0.15, 0.2) is 5.72 Å². The van der Waals surface area contributed by atoms with Crippen LogP contribution in [-0.4, -0.2) is 104 Å². The minimum absolute atomic E-state index is 0.0150. The van der Waals surface area contributed by atoms with Gasteiger partial charge in [-0.15, -0.1) is 0 Å². The second kappa shape index (κ2) is 16.6. The average molecular weight is 823 g/mol. The normalized spacial score (nSPS) is 28.8. The zero-order valence-corrected chi connectivity index (χ0v) is 33.2. The number of methoxy groups -OCH3 is 2. The molecule has 14 nitrogen and oxygen atoms in total. The number of hydrogen-bond donors (Lipinski definition) is 3. The summed E-state index contributed by atoms with van der Waals surface area (Å²) in [5.41, 5.74) is 2.01. The average Bonchev–Trinajstić information content (AvgIpc) is 3.80. The zero-order valence-electron chi connectivity index (χ0n) is 32.4. The summed E-state index contributed by atoms with van der Waals surface area (Å²) in [5, 5.41) is 14.2. The summed E-state index contributed by atoms with van der Waals surface area (Å²) >= 11 is 6.72. The molecule has 3 aliphatic heterocycles. The minimum atomic E-state index is -4.83. The third-order valence-electron chi connectivity index (χ3n) is 10.6. The van der Waals surface area contributed by atoms with Gasteiger partial charge in [0.2, 0.25) is 5.91 Å². The number of alkyl halides is 3. The summed E-state index contributed by atoms with van der Waals surface area (Å²) < 4.78 is 69.3. The zero-order chi connectivity index (χ0) is 42.2. The number of ether oxygens (including phenoxy) is 5. The molecule has 2 saturated heterocycles. The number of halogens is 4. The molecule has 0 aromatic heterocycles. The summed E-state index contributed by atoms with van der Waals surface area (Å²) in [6.45, 7) is 4.79. The van der Waals surface area contributed by atoms with E-state index in [0.717, 1.165) is 28.2 Å². The van der Waals surface area contributed by atoms with Crippen molar-refractivity contribution in [2.45, 2.75) is 94.4 Å². The Morgan fingerprint density at radius 3 is 2.54 bits per heavy atom. The standard InChI is InChI=1S/C39H46ClF3N4O10/c1-20-9-8-10-29(54-7)38(52)19-24(55-36(51)45-38)17-31-37(3,57-31)30(18-32(48)47(5)27-14-22(13-20)15-28(53-6)33(27)40)56-35(50)21(2)46(4)34(49)23-11-12-26(44)25(16-23)39(41,42)43/h8-12,14-16,21,24,29-31,52H,13,17-19,44H2,1-7H3,(H,45,51)/b10-8+,20-9+/t21-,24+,29+,30-,31-,37-,38-/m0/s1. The first-order valence-electron chi connectivity index (χ1n) is 17.9. The van der Waals surface area contributed by atoms with E-state index >= 15 is 0 Å². The Hall–Kier alpha value is -4.84. The number of hydrogen-bond acceptors (Lipinski definition) is 11. The number of nitrogens with one attached hydrogen (secondary N) is 1. The SMILES string of the molecule is COc1cc2cc(c1Cl)N(C)C(=O)C[C@H](OC(=O)[C@H](C)N(C)C(=O)c1ccc(N)c(C(F)(F)F)c1)[C@]1(C)O[C@H]1C[C@@H]1C[C@@](O)(NC(=O)O1)[C@H](OC)/C=C/C=C(\C)C2. The molecule has 0 spiro atoms. The van der Waals surface area contributed by atoms with E-state index in [1.54, 1.807) is 31.2 Å². The van der Waals surface area contributed by atoms with Crippen molar-refractivity contribution in [2.24, 2.45) is 0 Å². The van der Waals surface area contributed by atoms with Crippen LogP contribution in [0.3, 0.4) is 0 Å². The lowest BCUT2D eigenvalue weighted by molar-refractivity contribution is -0.158. The summed E-state index contributed by atoms with van der Waals surface area (Å²) in [6.07, 6.45) is -4.80. The fraction of sp³-hybridized carbons (Fsp3) is 0.487. The van der Waals surface area contributed by atoms with E-state index < -0.39 is 89.5 Å². The molecule has 7 atom stereocenters. The first kappa shape index (κ1) is 43.3. The van der Waals surface area contributed by atoms with Gasteiger partial charge in [0.25, 0.3) is 5.91 Å². The Balaban J connectivity index is 1.49. The van der Waals surface area contributed by atoms with E-state index in [-0.39, 0.29) is 23.4 Å². The van der Waals surface area contributed by atoms with Gasteiger partial charge in [-0.05, 0) is 63.1 Å². The van der Waals surface area contributed by atoms with E-state index in [9.17, 15) is 37.5 Å². The number of amides is 3. The van der Waals surface area contributed by atoms with Crippen molar-refractivity contribution >= 4 is 46.9 Å². The lowest BCUT2D eigenvalue weighted by Crippen LogP contribution is -2.62. The predicted molar refractivity (Wildman–Crippen MR) is 202 cm³/mol. The second-order valence-electron chi connectivity index (χ2n) is 14.6. The minimum Gasteiger partial charge on any atom is -0.495 e. The van der Waals surface area contributed by atoms with Gasteiger partial charge in [0.1, 0.15) is 40.7 Å². The third kappa shape index (κ3) is 9.32. The number of carbonyl (C=O) groups excluding carboxylic acids is 4. The number of likely N-dealkylation sites (N-methyl/N-ethyl adjacent to an activating group) is 1. The highest BCUT2D eigenvalue weighted by Crippen LogP contribution is 2.47. The van der Waals surface area contributed by atoms with Gasteiger partial charge in [-0.3, -0.25) is 14.9 Å². The van der Waals surface area contributed by atoms with Crippen LogP contribution in [0.4, 0.5) is 29.3 Å². The number of benzene rings is 2. The summed E-state index contributed by atoms with van der Waals surface area (Å²) in [4.78, 5) is 56.2. The molecule has 0 aliphatic carbocycles. The quantitative estimate of drug-likeness (QED) is 0.198.